The maximum Gasteiger partial charge on any atom is 0.244 e. The molecule has 0 amide bonds. The molecule has 22 heavy (non-hydrogen) atoms. The zero-order valence-corrected chi connectivity index (χ0v) is 12.6. The third-order valence-electron chi connectivity index (χ3n) is 4.01. The maximum absolute atomic E-state index is 13.2. The molecule has 0 spiro atoms. The summed E-state index contributed by atoms with van der Waals surface area (Å²) in [6, 6.07) is 6.66. The third kappa shape index (κ3) is 3.51. The monoisotopic (exact) mass is 305 g/mol. The van der Waals surface area contributed by atoms with Crippen LogP contribution in [0.4, 0.5) is 4.39 Å². The number of rotatable bonds is 5. The molecule has 2 atom stereocenters. The molecule has 2 heterocycles. The van der Waals surface area contributed by atoms with Crippen LogP contribution in [0.5, 0.6) is 0 Å². The summed E-state index contributed by atoms with van der Waals surface area (Å²) in [6.07, 6.45) is 1.94. The zero-order valence-electron chi connectivity index (χ0n) is 12.6. The molecular formula is C16H20FN3O2. The van der Waals surface area contributed by atoms with Gasteiger partial charge in [-0.2, -0.15) is 4.98 Å². The molecule has 1 N–H and O–H groups in total. The molecule has 1 fully saturated rings. The van der Waals surface area contributed by atoms with Gasteiger partial charge in [0.2, 0.25) is 5.89 Å². The Labute approximate surface area is 128 Å². The Morgan fingerprint density at radius 2 is 2.32 bits per heavy atom. The van der Waals surface area contributed by atoms with Crippen LogP contribution >= 0.6 is 0 Å². The number of aryl methyl sites for hydroxylation is 2. The van der Waals surface area contributed by atoms with E-state index >= 15 is 0 Å². The Morgan fingerprint density at radius 3 is 3.05 bits per heavy atom. The van der Waals surface area contributed by atoms with E-state index in [-0.39, 0.29) is 18.0 Å². The van der Waals surface area contributed by atoms with Gasteiger partial charge in [-0.25, -0.2) is 4.39 Å². The molecule has 1 aromatic carbocycles. The van der Waals surface area contributed by atoms with Crippen molar-refractivity contribution in [3.05, 3.63) is 47.4 Å². The van der Waals surface area contributed by atoms with Crippen molar-refractivity contribution in [2.45, 2.75) is 38.3 Å². The minimum Gasteiger partial charge on any atom is -0.392 e. The number of hydrogen-bond acceptors (Lipinski definition) is 5. The Kier molecular flexibility index (Phi) is 4.49. The first kappa shape index (κ1) is 15.1. The summed E-state index contributed by atoms with van der Waals surface area (Å²) in [5.74, 6) is 0.976. The van der Waals surface area contributed by atoms with E-state index < -0.39 is 0 Å². The van der Waals surface area contributed by atoms with Crippen LogP contribution < -0.4 is 0 Å². The predicted molar refractivity (Wildman–Crippen MR) is 78.7 cm³/mol. The molecule has 1 saturated heterocycles. The number of halogens is 1. The molecule has 1 aliphatic heterocycles. The van der Waals surface area contributed by atoms with Crippen molar-refractivity contribution in [1.29, 1.82) is 0 Å². The van der Waals surface area contributed by atoms with E-state index in [0.717, 1.165) is 24.9 Å². The molecule has 1 aromatic heterocycles. The lowest BCUT2D eigenvalue weighted by atomic mass is 10.1. The molecule has 118 valence electrons. The van der Waals surface area contributed by atoms with E-state index in [1.54, 1.807) is 19.1 Å². The van der Waals surface area contributed by atoms with Crippen molar-refractivity contribution in [2.24, 2.45) is 0 Å². The highest BCUT2D eigenvalue weighted by Crippen LogP contribution is 2.31. The topological polar surface area (TPSA) is 62.4 Å². The fraction of sp³-hybridized carbons (Fsp3) is 0.500. The summed E-state index contributed by atoms with van der Waals surface area (Å²) in [5, 5.41) is 13.7. The summed E-state index contributed by atoms with van der Waals surface area (Å²) in [4.78, 5) is 6.44. The predicted octanol–water partition coefficient (Wildman–Crippen LogP) is 2.26. The van der Waals surface area contributed by atoms with Crippen molar-refractivity contribution >= 4 is 0 Å². The number of hydrogen-bond donors (Lipinski definition) is 1. The second-order valence-corrected chi connectivity index (χ2v) is 5.81. The van der Waals surface area contributed by atoms with Gasteiger partial charge in [0.05, 0.1) is 12.1 Å². The molecule has 0 bridgehead atoms. The first-order chi connectivity index (χ1) is 10.6. The molecule has 6 heteroatoms. The van der Waals surface area contributed by atoms with Gasteiger partial charge in [-0.15, -0.1) is 0 Å². The van der Waals surface area contributed by atoms with Crippen molar-refractivity contribution in [3.8, 4) is 0 Å². The summed E-state index contributed by atoms with van der Waals surface area (Å²) in [6.45, 7) is 3.20. The zero-order chi connectivity index (χ0) is 15.5. The average molecular weight is 305 g/mol. The Balaban J connectivity index is 1.58. The minimum atomic E-state index is -0.369. The fourth-order valence-corrected chi connectivity index (χ4v) is 3.01. The largest absolute Gasteiger partial charge is 0.392 e. The van der Waals surface area contributed by atoms with E-state index in [0.29, 0.717) is 24.7 Å². The number of aromatic nitrogens is 2. The lowest BCUT2D eigenvalue weighted by Gasteiger charge is -2.20. The molecule has 5 nitrogen and oxygen atoms in total. The van der Waals surface area contributed by atoms with Crippen LogP contribution in [0.2, 0.25) is 0 Å². The van der Waals surface area contributed by atoms with Crippen LogP contribution in [0.3, 0.4) is 0 Å². The van der Waals surface area contributed by atoms with Gasteiger partial charge in [0.15, 0.2) is 5.82 Å². The number of aliphatic hydroxyl groups is 1. The van der Waals surface area contributed by atoms with Gasteiger partial charge >= 0.3 is 0 Å². The van der Waals surface area contributed by atoms with Crippen LogP contribution in [0.15, 0.2) is 28.8 Å². The summed E-state index contributed by atoms with van der Waals surface area (Å²) < 4.78 is 18.4. The maximum atomic E-state index is 13.2. The van der Waals surface area contributed by atoms with Crippen molar-refractivity contribution < 1.29 is 14.0 Å². The molecular weight excluding hydrogens is 285 g/mol. The first-order valence-corrected chi connectivity index (χ1v) is 7.58. The van der Waals surface area contributed by atoms with Gasteiger partial charge in [-0.3, -0.25) is 4.90 Å². The Morgan fingerprint density at radius 1 is 1.45 bits per heavy atom. The van der Waals surface area contributed by atoms with Crippen LogP contribution in [-0.4, -0.2) is 39.3 Å². The summed E-state index contributed by atoms with van der Waals surface area (Å²) in [5.41, 5.74) is 0.991. The quantitative estimate of drug-likeness (QED) is 0.918. The smallest absolute Gasteiger partial charge is 0.244 e. The van der Waals surface area contributed by atoms with Crippen molar-refractivity contribution in [3.63, 3.8) is 0 Å². The number of nitrogens with zero attached hydrogens (tertiary/aromatic N) is 3. The van der Waals surface area contributed by atoms with E-state index in [1.165, 1.54) is 6.07 Å². The molecule has 0 aliphatic carbocycles. The highest BCUT2D eigenvalue weighted by atomic mass is 19.1. The van der Waals surface area contributed by atoms with Gasteiger partial charge in [-0.1, -0.05) is 17.3 Å². The minimum absolute atomic E-state index is 0.0243. The van der Waals surface area contributed by atoms with Crippen LogP contribution in [0.1, 0.15) is 36.2 Å². The van der Waals surface area contributed by atoms with Gasteiger partial charge in [0.25, 0.3) is 0 Å². The number of benzene rings is 1. The van der Waals surface area contributed by atoms with E-state index in [9.17, 15) is 9.50 Å². The van der Waals surface area contributed by atoms with Gasteiger partial charge in [-0.05, 0) is 50.4 Å². The van der Waals surface area contributed by atoms with E-state index in [2.05, 4.69) is 15.0 Å². The number of likely N-dealkylation sites (tertiary alicyclic amines) is 1. The molecule has 3 rings (SSSR count). The second-order valence-electron chi connectivity index (χ2n) is 5.81. The summed E-state index contributed by atoms with van der Waals surface area (Å²) >= 11 is 0. The van der Waals surface area contributed by atoms with Crippen molar-refractivity contribution in [1.82, 2.24) is 15.0 Å². The van der Waals surface area contributed by atoms with E-state index in [4.69, 9.17) is 4.52 Å². The normalized spacial score (nSPS) is 22.3. The molecule has 2 aromatic rings. The highest BCUT2D eigenvalue weighted by molar-refractivity contribution is 5.16. The number of β-amino-alcohol motifs (C(OH)–C–C–N with tert-alkyl or cyclic N) is 1. The van der Waals surface area contributed by atoms with Gasteiger partial charge in [0.1, 0.15) is 5.82 Å². The van der Waals surface area contributed by atoms with Crippen LogP contribution in [-0.2, 0) is 6.42 Å². The van der Waals surface area contributed by atoms with Gasteiger partial charge in [0, 0.05) is 6.54 Å². The molecule has 0 radical (unpaired) electrons. The van der Waals surface area contributed by atoms with Gasteiger partial charge < -0.3 is 9.63 Å². The SMILES string of the molecule is Cc1noc([C@H]2C[C@@H](O)CN2CCCc2cccc(F)c2)n1. The van der Waals surface area contributed by atoms with Crippen LogP contribution in [0, 0.1) is 12.7 Å². The second kappa shape index (κ2) is 6.54. The average Bonchev–Trinajstić information content (AvgIpc) is 3.05. The Hall–Kier alpha value is -1.79. The first-order valence-electron chi connectivity index (χ1n) is 7.58. The number of aliphatic hydroxyl groups excluding tert-OH is 1. The lowest BCUT2D eigenvalue weighted by molar-refractivity contribution is 0.172. The van der Waals surface area contributed by atoms with E-state index in [1.807, 2.05) is 6.07 Å². The summed E-state index contributed by atoms with van der Waals surface area (Å²) in [7, 11) is 0. The highest BCUT2D eigenvalue weighted by Gasteiger charge is 2.35. The Bertz CT molecular complexity index is 631. The fourth-order valence-electron chi connectivity index (χ4n) is 3.01. The molecule has 0 saturated carbocycles. The molecule has 0 unspecified atom stereocenters. The lowest BCUT2D eigenvalue weighted by Crippen LogP contribution is -2.26. The third-order valence-corrected chi connectivity index (χ3v) is 4.01. The molecule has 1 aliphatic rings. The standard InChI is InChI=1S/C16H20FN3O2/c1-11-18-16(22-19-11)15-9-14(21)10-20(15)7-3-5-12-4-2-6-13(17)8-12/h2,4,6,8,14-15,21H,3,5,7,9-10H2,1H3/t14-,15-/m1/s1. The van der Waals surface area contributed by atoms with Crippen LogP contribution in [0.25, 0.3) is 0 Å². The van der Waals surface area contributed by atoms with Crippen molar-refractivity contribution in [2.75, 3.05) is 13.1 Å².